The molecule has 2 heterocycles. The molecule has 0 saturated heterocycles. The molecule has 0 aromatic carbocycles. The molecule has 1 aromatic heterocycles. The van der Waals surface area contributed by atoms with Crippen molar-refractivity contribution in [3.8, 4) is 5.88 Å². The number of nitrogens with one attached hydrogen (secondary N) is 1. The van der Waals surface area contributed by atoms with Gasteiger partial charge in [0.05, 0.1) is 36.9 Å². The fourth-order valence-electron chi connectivity index (χ4n) is 3.47. The molecule has 30 heavy (non-hydrogen) atoms. The van der Waals surface area contributed by atoms with E-state index in [2.05, 4.69) is 20.3 Å². The highest BCUT2D eigenvalue weighted by Gasteiger charge is 2.54. The second-order valence-electron chi connectivity index (χ2n) is 7.61. The number of methoxy groups -OCH3 is 1. The number of nitrogens with two attached hydrogens (primary N) is 1. The van der Waals surface area contributed by atoms with Crippen molar-refractivity contribution in [3.05, 3.63) is 41.5 Å². The Labute approximate surface area is 171 Å². The van der Waals surface area contributed by atoms with Gasteiger partial charge in [-0.2, -0.15) is 0 Å². The number of ether oxygens (including phenoxy) is 1. The van der Waals surface area contributed by atoms with Gasteiger partial charge in [0, 0.05) is 19.2 Å². The molecule has 9 nitrogen and oxygen atoms in total. The molecule has 160 valence electrons. The van der Waals surface area contributed by atoms with Crippen molar-refractivity contribution in [3.63, 3.8) is 0 Å². The number of rotatable bonds is 4. The normalized spacial score (nSPS) is 26.9. The van der Waals surface area contributed by atoms with E-state index < -0.39 is 28.5 Å². The Kier molecular flexibility index (Phi) is 5.31. The van der Waals surface area contributed by atoms with Crippen molar-refractivity contribution < 1.29 is 23.1 Å². The second kappa shape index (κ2) is 7.47. The van der Waals surface area contributed by atoms with Crippen LogP contribution in [0.2, 0.25) is 0 Å². The molecule has 0 fully saturated rings. The van der Waals surface area contributed by atoms with E-state index in [9.17, 15) is 14.0 Å². The average molecular weight is 420 g/mol. The summed E-state index contributed by atoms with van der Waals surface area (Å²) in [7, 11) is 2.86. The van der Waals surface area contributed by atoms with E-state index in [4.69, 9.17) is 10.5 Å². The van der Waals surface area contributed by atoms with Gasteiger partial charge in [0.2, 0.25) is 11.8 Å². The first kappa shape index (κ1) is 21.3. The molecule has 0 saturated carbocycles. The van der Waals surface area contributed by atoms with Crippen molar-refractivity contribution in [1.82, 2.24) is 20.2 Å². The summed E-state index contributed by atoms with van der Waals surface area (Å²) in [6.07, 6.45) is 3.07. The largest absolute Gasteiger partial charge is 0.480 e. The van der Waals surface area contributed by atoms with E-state index in [1.807, 2.05) is 0 Å². The van der Waals surface area contributed by atoms with Gasteiger partial charge in [0.25, 0.3) is 5.91 Å². The fraction of sp³-hybridized carbons (Fsp3) is 0.421. The van der Waals surface area contributed by atoms with Gasteiger partial charge in [0.1, 0.15) is 11.5 Å². The number of halogens is 2. The molecule has 0 spiro atoms. The Morgan fingerprint density at radius 3 is 2.53 bits per heavy atom. The lowest BCUT2D eigenvalue weighted by molar-refractivity contribution is -0.129. The Bertz CT molecular complexity index is 990. The summed E-state index contributed by atoms with van der Waals surface area (Å²) in [4.78, 5) is 38.1. The molecule has 2 aliphatic rings. The highest BCUT2D eigenvalue weighted by molar-refractivity contribution is 5.99. The first-order valence-electron chi connectivity index (χ1n) is 9.06. The van der Waals surface area contributed by atoms with Crippen molar-refractivity contribution in [2.24, 2.45) is 16.1 Å². The number of aromatic nitrogens is 2. The van der Waals surface area contributed by atoms with E-state index in [-0.39, 0.29) is 42.0 Å². The Morgan fingerprint density at radius 2 is 1.97 bits per heavy atom. The minimum atomic E-state index is -1.55. The molecule has 0 bridgehead atoms. The topological polar surface area (TPSA) is 123 Å². The van der Waals surface area contributed by atoms with Gasteiger partial charge < -0.3 is 15.8 Å². The van der Waals surface area contributed by atoms with Gasteiger partial charge >= 0.3 is 0 Å². The quantitative estimate of drug-likeness (QED) is 0.763. The average Bonchev–Trinajstić information content (AvgIpc) is 2.70. The number of hydrogen-bond acceptors (Lipinski definition) is 7. The Balaban J connectivity index is 1.90. The summed E-state index contributed by atoms with van der Waals surface area (Å²) >= 11 is 0. The van der Waals surface area contributed by atoms with Crippen LogP contribution in [-0.4, -0.2) is 52.3 Å². The number of hydrogen-bond donors (Lipinski definition) is 2. The molecule has 1 aliphatic heterocycles. The first-order valence-corrected chi connectivity index (χ1v) is 9.06. The third kappa shape index (κ3) is 3.51. The molecule has 2 atom stereocenters. The third-order valence-electron chi connectivity index (χ3n) is 5.65. The van der Waals surface area contributed by atoms with E-state index >= 15 is 4.39 Å². The molecule has 1 aromatic rings. The molecule has 1 unspecified atom stereocenters. The van der Waals surface area contributed by atoms with Gasteiger partial charge in [0.15, 0.2) is 11.8 Å². The van der Waals surface area contributed by atoms with Crippen LogP contribution in [0.15, 0.2) is 40.8 Å². The second-order valence-corrected chi connectivity index (χ2v) is 7.61. The summed E-state index contributed by atoms with van der Waals surface area (Å²) in [5.41, 5.74) is 2.99. The molecule has 2 amide bonds. The number of nitrogens with zero attached hydrogens (tertiary/aromatic N) is 4. The van der Waals surface area contributed by atoms with Gasteiger partial charge in [-0.25, -0.2) is 23.7 Å². The van der Waals surface area contributed by atoms with Gasteiger partial charge in [-0.3, -0.25) is 14.5 Å². The third-order valence-corrected chi connectivity index (χ3v) is 5.65. The lowest BCUT2D eigenvalue weighted by atomic mass is 9.64. The predicted molar refractivity (Wildman–Crippen MR) is 104 cm³/mol. The Morgan fingerprint density at radius 1 is 1.27 bits per heavy atom. The minimum absolute atomic E-state index is 0.0308. The molecule has 0 radical (unpaired) electrons. The monoisotopic (exact) mass is 420 g/mol. The molecule has 3 N–H and O–H groups in total. The number of carbonyl (C=O) groups excluding carboxylic acids is 2. The van der Waals surface area contributed by atoms with Crippen LogP contribution in [0.1, 0.15) is 37.2 Å². The Hall–Kier alpha value is -3.37. The number of guanidine groups is 1. The lowest BCUT2D eigenvalue weighted by Crippen LogP contribution is -2.55. The molecular formula is C19H22F2N6O3. The van der Waals surface area contributed by atoms with Crippen LogP contribution in [-0.2, 0) is 4.79 Å². The van der Waals surface area contributed by atoms with Crippen LogP contribution in [0.3, 0.4) is 0 Å². The van der Waals surface area contributed by atoms with Crippen LogP contribution < -0.4 is 15.8 Å². The van der Waals surface area contributed by atoms with Crippen LogP contribution in [0, 0.1) is 5.41 Å². The van der Waals surface area contributed by atoms with Crippen LogP contribution >= 0.6 is 0 Å². The number of allylic oxidation sites excluding steroid dienone is 3. The van der Waals surface area contributed by atoms with Gasteiger partial charge in [-0.15, -0.1) is 0 Å². The van der Waals surface area contributed by atoms with E-state index in [1.54, 1.807) is 0 Å². The highest BCUT2D eigenvalue weighted by Crippen LogP contribution is 2.52. The maximum absolute atomic E-state index is 15.0. The van der Waals surface area contributed by atoms with Crippen LogP contribution in [0.25, 0.3) is 0 Å². The SMILES string of the molecule is COc1cnc(C(=O)NC2=CC(F)=C(F)C(C)([C@]3(C)CC(=O)N(C)C(N)=N3)C2)cn1. The maximum atomic E-state index is 15.0. The summed E-state index contributed by atoms with van der Waals surface area (Å²) < 4.78 is 34.4. The highest BCUT2D eigenvalue weighted by atomic mass is 19.2. The van der Waals surface area contributed by atoms with Crippen molar-refractivity contribution >= 4 is 17.8 Å². The standard InChI is InChI=1S/C19H22F2N6O3/c1-18(19(2)7-14(28)27(3)17(22)26-19)6-10(5-11(20)15(18)21)25-16(29)12-8-24-13(30-4)9-23-12/h5,8-9H,6-7H2,1-4H3,(H2,22,26)(H,25,29)/t18?,19-/m0/s1. The summed E-state index contributed by atoms with van der Waals surface area (Å²) in [5, 5.41) is 2.53. The van der Waals surface area contributed by atoms with Gasteiger partial charge in [-0.05, 0) is 13.0 Å². The number of carbonyl (C=O) groups is 2. The summed E-state index contributed by atoms with van der Waals surface area (Å²) in [6.45, 7) is 2.99. The van der Waals surface area contributed by atoms with Crippen molar-refractivity contribution in [2.75, 3.05) is 14.2 Å². The zero-order valence-corrected chi connectivity index (χ0v) is 17.0. The minimum Gasteiger partial charge on any atom is -0.480 e. The maximum Gasteiger partial charge on any atom is 0.275 e. The molecule has 3 rings (SSSR count). The fourth-order valence-corrected chi connectivity index (χ4v) is 3.47. The van der Waals surface area contributed by atoms with Gasteiger partial charge in [-0.1, -0.05) is 6.92 Å². The summed E-state index contributed by atoms with van der Waals surface area (Å²) in [5.74, 6) is -3.09. The van der Waals surface area contributed by atoms with E-state index in [1.165, 1.54) is 40.4 Å². The lowest BCUT2D eigenvalue weighted by Gasteiger charge is -2.47. The molecular weight excluding hydrogens is 398 g/mol. The van der Waals surface area contributed by atoms with Crippen molar-refractivity contribution in [1.29, 1.82) is 0 Å². The van der Waals surface area contributed by atoms with E-state index in [0.717, 1.165) is 11.0 Å². The van der Waals surface area contributed by atoms with E-state index in [0.29, 0.717) is 0 Å². The smallest absolute Gasteiger partial charge is 0.275 e. The first-order chi connectivity index (χ1) is 14.0. The predicted octanol–water partition coefficient (Wildman–Crippen LogP) is 1.59. The number of amides is 2. The van der Waals surface area contributed by atoms with Crippen molar-refractivity contribution in [2.45, 2.75) is 32.2 Å². The number of aliphatic imine (C=N–C) groups is 1. The van der Waals surface area contributed by atoms with Crippen LogP contribution in [0.5, 0.6) is 5.88 Å². The van der Waals surface area contributed by atoms with Crippen LogP contribution in [0.4, 0.5) is 8.78 Å². The molecule has 1 aliphatic carbocycles. The zero-order valence-electron chi connectivity index (χ0n) is 17.0. The summed E-state index contributed by atoms with van der Waals surface area (Å²) in [6, 6.07) is 0. The molecule has 11 heteroatoms. The zero-order chi connectivity index (χ0) is 22.3.